The minimum Gasteiger partial charge on any atom is -0.496 e. The zero-order chi connectivity index (χ0) is 21.0. The maximum atomic E-state index is 11.9. The summed E-state index contributed by atoms with van der Waals surface area (Å²) in [6, 6.07) is 10.2. The van der Waals surface area contributed by atoms with Gasteiger partial charge in [-0.05, 0) is 55.7 Å². The van der Waals surface area contributed by atoms with E-state index in [-0.39, 0.29) is 6.04 Å². The Bertz CT molecular complexity index is 872. The molecular formula is C22H26ClNO5. The molecular weight excluding hydrogens is 394 g/mol. The van der Waals surface area contributed by atoms with Crippen molar-refractivity contribution in [2.75, 3.05) is 27.4 Å². The van der Waals surface area contributed by atoms with Gasteiger partial charge in [-0.25, -0.2) is 0 Å². The van der Waals surface area contributed by atoms with Gasteiger partial charge in [0, 0.05) is 17.1 Å². The van der Waals surface area contributed by atoms with Crippen molar-refractivity contribution in [1.82, 2.24) is 4.90 Å². The number of rotatable bonds is 8. The van der Waals surface area contributed by atoms with Crippen LogP contribution in [0.15, 0.2) is 36.4 Å². The number of methoxy groups -OCH3 is 2. The molecule has 29 heavy (non-hydrogen) atoms. The van der Waals surface area contributed by atoms with Gasteiger partial charge in [0.1, 0.15) is 11.8 Å². The SMILES string of the molecule is CCOc1ccc(C(c2cc(Cl)ccc2OC)N2CCCC2C(=O)O)cc1OC. The minimum absolute atomic E-state index is 0.350. The Morgan fingerprint density at radius 1 is 1.17 bits per heavy atom. The molecule has 1 fully saturated rings. The summed E-state index contributed by atoms with van der Waals surface area (Å²) in [6.07, 6.45) is 1.41. The largest absolute Gasteiger partial charge is 0.496 e. The van der Waals surface area contributed by atoms with Crippen molar-refractivity contribution in [3.8, 4) is 17.2 Å². The second-order valence-electron chi connectivity index (χ2n) is 6.87. The first-order chi connectivity index (χ1) is 14.0. The highest BCUT2D eigenvalue weighted by Crippen LogP contribution is 2.42. The fourth-order valence-corrected chi connectivity index (χ4v) is 4.14. The third kappa shape index (κ3) is 4.43. The average Bonchev–Trinajstić information content (AvgIpc) is 3.19. The lowest BCUT2D eigenvalue weighted by atomic mass is 9.95. The van der Waals surface area contributed by atoms with E-state index >= 15 is 0 Å². The molecule has 1 aliphatic heterocycles. The minimum atomic E-state index is -0.827. The molecule has 0 aliphatic carbocycles. The second kappa shape index (κ2) is 9.37. The first-order valence-corrected chi connectivity index (χ1v) is 10.0. The highest BCUT2D eigenvalue weighted by Gasteiger charge is 2.38. The Kier molecular flexibility index (Phi) is 6.87. The summed E-state index contributed by atoms with van der Waals surface area (Å²) in [4.78, 5) is 13.9. The number of ether oxygens (including phenoxy) is 3. The highest BCUT2D eigenvalue weighted by atomic mass is 35.5. The van der Waals surface area contributed by atoms with Crippen molar-refractivity contribution in [3.05, 3.63) is 52.5 Å². The number of carboxylic acids is 1. The fraction of sp³-hybridized carbons (Fsp3) is 0.409. The van der Waals surface area contributed by atoms with Gasteiger partial charge in [0.2, 0.25) is 0 Å². The van der Waals surface area contributed by atoms with Crippen LogP contribution in [0, 0.1) is 0 Å². The van der Waals surface area contributed by atoms with Crippen molar-refractivity contribution in [2.24, 2.45) is 0 Å². The molecule has 7 heteroatoms. The van der Waals surface area contributed by atoms with Crippen LogP contribution in [0.3, 0.4) is 0 Å². The topological polar surface area (TPSA) is 68.2 Å². The van der Waals surface area contributed by atoms with Crippen molar-refractivity contribution in [1.29, 1.82) is 0 Å². The van der Waals surface area contributed by atoms with Crippen molar-refractivity contribution < 1.29 is 24.1 Å². The first kappa shape index (κ1) is 21.3. The maximum absolute atomic E-state index is 11.9. The van der Waals surface area contributed by atoms with Crippen LogP contribution in [0.5, 0.6) is 17.2 Å². The number of likely N-dealkylation sites (tertiary alicyclic amines) is 1. The number of aliphatic carboxylic acids is 1. The number of halogens is 1. The van der Waals surface area contributed by atoms with Crippen LogP contribution < -0.4 is 14.2 Å². The Balaban J connectivity index is 2.16. The van der Waals surface area contributed by atoms with Crippen molar-refractivity contribution in [2.45, 2.75) is 31.8 Å². The van der Waals surface area contributed by atoms with E-state index in [2.05, 4.69) is 0 Å². The van der Waals surface area contributed by atoms with E-state index < -0.39 is 12.0 Å². The molecule has 2 unspecified atom stereocenters. The van der Waals surface area contributed by atoms with Gasteiger partial charge in [-0.15, -0.1) is 0 Å². The van der Waals surface area contributed by atoms with E-state index in [1.807, 2.05) is 42.2 Å². The monoisotopic (exact) mass is 419 g/mol. The van der Waals surface area contributed by atoms with Gasteiger partial charge in [-0.2, -0.15) is 0 Å². The molecule has 2 atom stereocenters. The molecule has 0 aromatic heterocycles. The molecule has 156 valence electrons. The van der Waals surface area contributed by atoms with Crippen LogP contribution in [-0.2, 0) is 4.79 Å². The predicted molar refractivity (Wildman–Crippen MR) is 111 cm³/mol. The van der Waals surface area contributed by atoms with Crippen LogP contribution >= 0.6 is 11.6 Å². The molecule has 2 aromatic carbocycles. The highest BCUT2D eigenvalue weighted by molar-refractivity contribution is 6.30. The summed E-state index contributed by atoms with van der Waals surface area (Å²) in [7, 11) is 3.19. The first-order valence-electron chi connectivity index (χ1n) is 9.62. The zero-order valence-corrected chi connectivity index (χ0v) is 17.6. The lowest BCUT2D eigenvalue weighted by molar-refractivity contribution is -0.142. The summed E-state index contributed by atoms with van der Waals surface area (Å²) in [5.74, 6) is 1.07. The Morgan fingerprint density at radius 3 is 2.55 bits per heavy atom. The van der Waals surface area contributed by atoms with E-state index in [4.69, 9.17) is 25.8 Å². The molecule has 0 bridgehead atoms. The molecule has 0 spiro atoms. The third-order valence-electron chi connectivity index (χ3n) is 5.20. The van der Waals surface area contributed by atoms with Crippen molar-refractivity contribution >= 4 is 17.6 Å². The number of nitrogens with zero attached hydrogens (tertiary/aromatic N) is 1. The van der Waals surface area contributed by atoms with Crippen LogP contribution in [0.4, 0.5) is 0 Å². The van der Waals surface area contributed by atoms with E-state index in [0.717, 1.165) is 17.5 Å². The van der Waals surface area contributed by atoms with E-state index in [9.17, 15) is 9.90 Å². The number of carbonyl (C=O) groups is 1. The molecule has 1 saturated heterocycles. The quantitative estimate of drug-likeness (QED) is 0.684. The standard InChI is InChI=1S/C22H26ClNO5/c1-4-29-19-9-7-14(12-20(19)28-3)21(24-11-5-6-17(24)22(25)26)16-13-15(23)8-10-18(16)27-2/h7-10,12-13,17,21H,4-6,11H2,1-3H3,(H,25,26). The number of hydrogen-bond donors (Lipinski definition) is 1. The zero-order valence-electron chi connectivity index (χ0n) is 16.9. The van der Waals surface area contributed by atoms with Crippen LogP contribution in [0.1, 0.15) is 36.9 Å². The lowest BCUT2D eigenvalue weighted by Gasteiger charge is -2.33. The molecule has 0 amide bonds. The van der Waals surface area contributed by atoms with Gasteiger partial charge in [-0.1, -0.05) is 17.7 Å². The van der Waals surface area contributed by atoms with Gasteiger partial charge in [-0.3, -0.25) is 9.69 Å². The molecule has 2 aromatic rings. The summed E-state index contributed by atoms with van der Waals surface area (Å²) in [5.41, 5.74) is 1.71. The predicted octanol–water partition coefficient (Wildman–Crippen LogP) is 4.39. The Labute approximate surface area is 175 Å². The average molecular weight is 420 g/mol. The van der Waals surface area contributed by atoms with E-state index in [1.165, 1.54) is 0 Å². The molecule has 1 aliphatic rings. The van der Waals surface area contributed by atoms with E-state index in [1.54, 1.807) is 20.3 Å². The lowest BCUT2D eigenvalue weighted by Crippen LogP contribution is -2.39. The van der Waals surface area contributed by atoms with Gasteiger partial charge < -0.3 is 19.3 Å². The van der Waals surface area contributed by atoms with Crippen molar-refractivity contribution in [3.63, 3.8) is 0 Å². The molecule has 1 heterocycles. The molecule has 0 radical (unpaired) electrons. The molecule has 6 nitrogen and oxygen atoms in total. The van der Waals surface area contributed by atoms with Crippen LogP contribution in [0.25, 0.3) is 0 Å². The Hall–Kier alpha value is -2.44. The summed E-state index contributed by atoms with van der Waals surface area (Å²) in [6.45, 7) is 3.09. The smallest absolute Gasteiger partial charge is 0.320 e. The summed E-state index contributed by atoms with van der Waals surface area (Å²) >= 11 is 6.30. The summed E-state index contributed by atoms with van der Waals surface area (Å²) in [5, 5.41) is 10.3. The number of hydrogen-bond acceptors (Lipinski definition) is 5. The van der Waals surface area contributed by atoms with Crippen LogP contribution in [-0.4, -0.2) is 49.4 Å². The molecule has 0 saturated carbocycles. The maximum Gasteiger partial charge on any atom is 0.320 e. The Morgan fingerprint density at radius 2 is 1.90 bits per heavy atom. The third-order valence-corrected chi connectivity index (χ3v) is 5.44. The normalized spacial score (nSPS) is 17.7. The van der Waals surface area contributed by atoms with E-state index in [0.29, 0.717) is 41.8 Å². The van der Waals surface area contributed by atoms with Gasteiger partial charge in [0.05, 0.1) is 26.9 Å². The number of benzene rings is 2. The van der Waals surface area contributed by atoms with Gasteiger partial charge in [0.15, 0.2) is 11.5 Å². The molecule has 1 N–H and O–H groups in total. The van der Waals surface area contributed by atoms with Gasteiger partial charge in [0.25, 0.3) is 0 Å². The van der Waals surface area contributed by atoms with Crippen LogP contribution in [0.2, 0.25) is 5.02 Å². The molecule has 3 rings (SSSR count). The number of carboxylic acid groups (broad SMARTS) is 1. The summed E-state index contributed by atoms with van der Waals surface area (Å²) < 4.78 is 16.8. The second-order valence-corrected chi connectivity index (χ2v) is 7.30. The fourth-order valence-electron chi connectivity index (χ4n) is 3.96. The van der Waals surface area contributed by atoms with Gasteiger partial charge >= 0.3 is 5.97 Å².